The second-order valence-corrected chi connectivity index (χ2v) is 7.41. The number of rotatable bonds is 6. The zero-order valence-electron chi connectivity index (χ0n) is 13.8. The number of sulfonamides is 1. The van der Waals surface area contributed by atoms with E-state index in [1.807, 2.05) is 12.1 Å². The Balaban J connectivity index is 1.75. The van der Waals surface area contributed by atoms with Gasteiger partial charge in [-0.1, -0.05) is 12.1 Å². The minimum atomic E-state index is -3.77. The van der Waals surface area contributed by atoms with Crippen LogP contribution in [0.1, 0.15) is 0 Å². The van der Waals surface area contributed by atoms with Gasteiger partial charge in [0.05, 0.1) is 16.4 Å². The molecule has 2 N–H and O–H groups in total. The van der Waals surface area contributed by atoms with Gasteiger partial charge in [-0.3, -0.25) is 10.1 Å². The van der Waals surface area contributed by atoms with Crippen molar-refractivity contribution in [3.8, 4) is 11.5 Å². The summed E-state index contributed by atoms with van der Waals surface area (Å²) in [5.41, 5.74) is -0.133. The lowest BCUT2D eigenvalue weighted by molar-refractivity contribution is -0.384. The minimum absolute atomic E-state index is 0.177. The quantitative estimate of drug-likeness (QED) is 0.579. The molecule has 0 radical (unpaired) electrons. The largest absolute Gasteiger partial charge is 0.486 e. The summed E-state index contributed by atoms with van der Waals surface area (Å²) in [6.07, 6.45) is -0.342. The molecule has 0 aliphatic carbocycles. The Kier molecular flexibility index (Phi) is 4.96. The van der Waals surface area contributed by atoms with Gasteiger partial charge in [-0.15, -0.1) is 0 Å². The number of nitrogens with zero attached hydrogens (tertiary/aromatic N) is 1. The molecule has 1 aliphatic heterocycles. The second kappa shape index (κ2) is 7.18. The van der Waals surface area contributed by atoms with E-state index < -0.39 is 14.9 Å². The fourth-order valence-corrected chi connectivity index (χ4v) is 3.23. The summed E-state index contributed by atoms with van der Waals surface area (Å²) in [5.74, 6) is 1.26. The molecule has 0 unspecified atom stereocenters. The standard InChI is InChI=1S/C16H17N3O6S/c1-17-26(22,23)12-6-7-13(14(8-12)19(20)21)18-9-11-10-24-15-4-2-3-5-16(15)25-11/h2-8,11,17-18H,9-10H2,1H3/t11-/m0/s1. The molecule has 0 saturated heterocycles. The Labute approximate surface area is 150 Å². The number of anilines is 1. The molecule has 26 heavy (non-hydrogen) atoms. The van der Waals surface area contributed by atoms with Crippen molar-refractivity contribution in [1.82, 2.24) is 4.72 Å². The molecule has 138 valence electrons. The first-order valence-corrected chi connectivity index (χ1v) is 9.23. The van der Waals surface area contributed by atoms with Crippen molar-refractivity contribution >= 4 is 21.4 Å². The third kappa shape index (κ3) is 3.70. The number of benzene rings is 2. The fourth-order valence-electron chi connectivity index (χ4n) is 2.48. The highest BCUT2D eigenvalue weighted by Gasteiger charge is 2.23. The lowest BCUT2D eigenvalue weighted by Gasteiger charge is -2.26. The number of hydrogen-bond acceptors (Lipinski definition) is 7. The van der Waals surface area contributed by atoms with Crippen LogP contribution in [0.25, 0.3) is 0 Å². The molecule has 10 heteroatoms. The van der Waals surface area contributed by atoms with E-state index in [9.17, 15) is 18.5 Å². The molecule has 9 nitrogen and oxygen atoms in total. The van der Waals surface area contributed by atoms with E-state index in [2.05, 4.69) is 10.0 Å². The number of nitro benzene ring substituents is 1. The highest BCUT2D eigenvalue weighted by atomic mass is 32.2. The average Bonchev–Trinajstić information content (AvgIpc) is 2.65. The van der Waals surface area contributed by atoms with Gasteiger partial charge in [0.25, 0.3) is 5.69 Å². The zero-order chi connectivity index (χ0) is 18.7. The van der Waals surface area contributed by atoms with Crippen LogP contribution in [-0.2, 0) is 10.0 Å². The highest BCUT2D eigenvalue weighted by Crippen LogP contribution is 2.32. The van der Waals surface area contributed by atoms with E-state index in [-0.39, 0.29) is 28.9 Å². The van der Waals surface area contributed by atoms with Crippen LogP contribution in [0.4, 0.5) is 11.4 Å². The first kappa shape index (κ1) is 18.0. The van der Waals surface area contributed by atoms with Gasteiger partial charge in [0.1, 0.15) is 18.4 Å². The van der Waals surface area contributed by atoms with E-state index >= 15 is 0 Å². The number of hydrogen-bond donors (Lipinski definition) is 2. The summed E-state index contributed by atoms with van der Waals surface area (Å²) in [6.45, 7) is 0.553. The Morgan fingerprint density at radius 1 is 1.23 bits per heavy atom. The van der Waals surface area contributed by atoms with Crippen molar-refractivity contribution in [3.05, 3.63) is 52.6 Å². The van der Waals surface area contributed by atoms with Crippen molar-refractivity contribution in [2.24, 2.45) is 0 Å². The first-order chi connectivity index (χ1) is 12.4. The molecule has 0 fully saturated rings. The Hall–Kier alpha value is -2.85. The maximum absolute atomic E-state index is 11.8. The van der Waals surface area contributed by atoms with Crippen molar-refractivity contribution in [2.45, 2.75) is 11.0 Å². The molecule has 0 spiro atoms. The van der Waals surface area contributed by atoms with Gasteiger partial charge < -0.3 is 14.8 Å². The van der Waals surface area contributed by atoms with Crippen molar-refractivity contribution in [3.63, 3.8) is 0 Å². The van der Waals surface area contributed by atoms with Gasteiger partial charge in [0, 0.05) is 6.07 Å². The summed E-state index contributed by atoms with van der Waals surface area (Å²) < 4.78 is 37.1. The van der Waals surface area contributed by atoms with Gasteiger partial charge in [0.2, 0.25) is 10.0 Å². The van der Waals surface area contributed by atoms with E-state index in [0.29, 0.717) is 18.1 Å². The van der Waals surface area contributed by atoms with Crippen molar-refractivity contribution in [2.75, 3.05) is 25.5 Å². The van der Waals surface area contributed by atoms with E-state index in [4.69, 9.17) is 9.47 Å². The topological polar surface area (TPSA) is 120 Å². The van der Waals surface area contributed by atoms with Crippen LogP contribution in [-0.4, -0.2) is 39.6 Å². The van der Waals surface area contributed by atoms with Crippen LogP contribution in [0.3, 0.4) is 0 Å². The summed E-state index contributed by atoms with van der Waals surface area (Å²) in [7, 11) is -2.53. The number of ether oxygens (including phenoxy) is 2. The Morgan fingerprint density at radius 3 is 2.65 bits per heavy atom. The maximum atomic E-state index is 11.8. The van der Waals surface area contributed by atoms with Crippen LogP contribution >= 0.6 is 0 Å². The van der Waals surface area contributed by atoms with E-state index in [1.54, 1.807) is 12.1 Å². The molecule has 3 rings (SSSR count). The van der Waals surface area contributed by atoms with Gasteiger partial charge in [-0.2, -0.15) is 0 Å². The first-order valence-electron chi connectivity index (χ1n) is 7.75. The number of para-hydroxylation sites is 2. The van der Waals surface area contributed by atoms with E-state index in [1.165, 1.54) is 19.2 Å². The molecule has 2 aromatic rings. The van der Waals surface area contributed by atoms with Gasteiger partial charge in [-0.25, -0.2) is 13.1 Å². The van der Waals surface area contributed by atoms with Crippen molar-refractivity contribution in [1.29, 1.82) is 0 Å². The fraction of sp³-hybridized carbons (Fsp3) is 0.250. The third-order valence-electron chi connectivity index (χ3n) is 3.83. The molecule has 0 bridgehead atoms. The minimum Gasteiger partial charge on any atom is -0.486 e. The molecule has 1 heterocycles. The monoisotopic (exact) mass is 379 g/mol. The van der Waals surface area contributed by atoms with E-state index in [0.717, 1.165) is 6.07 Å². The Morgan fingerprint density at radius 2 is 1.96 bits per heavy atom. The molecule has 1 atom stereocenters. The lowest BCUT2D eigenvalue weighted by Crippen LogP contribution is -2.35. The van der Waals surface area contributed by atoms with Gasteiger partial charge in [0.15, 0.2) is 11.5 Å². The van der Waals surface area contributed by atoms with Crippen LogP contribution in [0.5, 0.6) is 11.5 Å². The zero-order valence-corrected chi connectivity index (χ0v) is 14.7. The van der Waals surface area contributed by atoms with Gasteiger partial charge >= 0.3 is 0 Å². The third-order valence-corrected chi connectivity index (χ3v) is 5.24. The van der Waals surface area contributed by atoms with Gasteiger partial charge in [-0.05, 0) is 31.3 Å². The SMILES string of the molecule is CNS(=O)(=O)c1ccc(NC[C@H]2COc3ccccc3O2)c([N+](=O)[O-])c1. The molecule has 1 aliphatic rings. The number of nitrogens with one attached hydrogen (secondary N) is 2. The highest BCUT2D eigenvalue weighted by molar-refractivity contribution is 7.89. The van der Waals surface area contributed by atoms with Crippen LogP contribution in [0.15, 0.2) is 47.4 Å². The maximum Gasteiger partial charge on any atom is 0.293 e. The molecule has 0 aromatic heterocycles. The smallest absolute Gasteiger partial charge is 0.293 e. The molecule has 2 aromatic carbocycles. The summed E-state index contributed by atoms with van der Waals surface area (Å²) in [6, 6.07) is 10.9. The predicted octanol–water partition coefficient (Wildman–Crippen LogP) is 1.75. The summed E-state index contributed by atoms with van der Waals surface area (Å²) in [5, 5.41) is 14.2. The normalized spacial score (nSPS) is 16.1. The average molecular weight is 379 g/mol. The van der Waals surface area contributed by atoms with Crippen molar-refractivity contribution < 1.29 is 22.8 Å². The predicted molar refractivity (Wildman–Crippen MR) is 94.2 cm³/mol. The number of fused-ring (bicyclic) bond motifs is 1. The second-order valence-electron chi connectivity index (χ2n) is 5.52. The Bertz CT molecular complexity index is 931. The molecular weight excluding hydrogens is 362 g/mol. The summed E-state index contributed by atoms with van der Waals surface area (Å²) in [4.78, 5) is 10.5. The van der Waals surface area contributed by atoms with Crippen LogP contribution in [0, 0.1) is 10.1 Å². The van der Waals surface area contributed by atoms with Crippen LogP contribution < -0.4 is 19.5 Å². The summed E-state index contributed by atoms with van der Waals surface area (Å²) >= 11 is 0. The lowest BCUT2D eigenvalue weighted by atomic mass is 10.2. The molecule has 0 saturated carbocycles. The molecular formula is C16H17N3O6S. The number of nitro groups is 1. The molecule has 0 amide bonds. The van der Waals surface area contributed by atoms with Crippen LogP contribution in [0.2, 0.25) is 0 Å².